The van der Waals surface area contributed by atoms with Crippen molar-refractivity contribution in [3.63, 3.8) is 0 Å². The molecule has 4 N–H and O–H groups in total. The van der Waals surface area contributed by atoms with E-state index in [4.69, 9.17) is 33.1 Å². The highest BCUT2D eigenvalue weighted by Crippen LogP contribution is 2.27. The number of rotatable bonds is 7. The van der Waals surface area contributed by atoms with Gasteiger partial charge in [0.25, 0.3) is 0 Å². The molecule has 0 bridgehead atoms. The molecule has 2 heterocycles. The number of amides is 1. The number of aliphatic carboxylic acids is 1. The summed E-state index contributed by atoms with van der Waals surface area (Å²) < 4.78 is 31.7. The molecule has 11 nitrogen and oxygen atoms in total. The quantitative estimate of drug-likeness (QED) is 0.361. The molecule has 4 rings (SSSR count). The number of halogens is 5. The topological polar surface area (TPSA) is 136 Å². The first kappa shape index (κ1) is 32.4. The minimum absolute atomic E-state index is 0.00347. The Kier molecular flexibility index (Phi) is 11.6. The summed E-state index contributed by atoms with van der Waals surface area (Å²) in [6, 6.07) is 5.54. The fourth-order valence-electron chi connectivity index (χ4n) is 4.36. The first-order valence-electron chi connectivity index (χ1n) is 13.0. The molecule has 1 saturated carbocycles. The maximum Gasteiger partial charge on any atom is 0.490 e. The van der Waals surface area contributed by atoms with Gasteiger partial charge in [-0.2, -0.15) is 28.1 Å². The van der Waals surface area contributed by atoms with Gasteiger partial charge in [-0.05, 0) is 50.4 Å². The Bertz CT molecular complexity index is 1190. The van der Waals surface area contributed by atoms with E-state index < -0.39 is 12.1 Å². The number of anilines is 3. The van der Waals surface area contributed by atoms with Gasteiger partial charge in [0.2, 0.25) is 23.8 Å². The number of aromatic nitrogens is 3. The minimum atomic E-state index is -5.08. The van der Waals surface area contributed by atoms with Gasteiger partial charge in [0, 0.05) is 61.8 Å². The number of carbonyl (C=O) groups is 2. The van der Waals surface area contributed by atoms with Gasteiger partial charge < -0.3 is 30.9 Å². The summed E-state index contributed by atoms with van der Waals surface area (Å²) in [7, 11) is 3.94. The molecule has 1 aliphatic carbocycles. The van der Waals surface area contributed by atoms with Crippen LogP contribution in [0.1, 0.15) is 31.2 Å². The van der Waals surface area contributed by atoms with E-state index in [0.717, 1.165) is 57.4 Å². The highest BCUT2D eigenvalue weighted by molar-refractivity contribution is 6.35. The van der Waals surface area contributed by atoms with E-state index in [1.54, 1.807) is 12.1 Å². The number of nitrogens with zero attached hydrogens (tertiary/aromatic N) is 5. The lowest BCUT2D eigenvalue weighted by Gasteiger charge is -2.33. The largest absolute Gasteiger partial charge is 0.490 e. The summed E-state index contributed by atoms with van der Waals surface area (Å²) in [5.41, 5.74) is 0.862. The Labute approximate surface area is 245 Å². The van der Waals surface area contributed by atoms with Gasteiger partial charge in [-0.25, -0.2) is 4.79 Å². The van der Waals surface area contributed by atoms with Crippen LogP contribution in [0.4, 0.5) is 31.0 Å². The van der Waals surface area contributed by atoms with Gasteiger partial charge in [-0.1, -0.05) is 29.3 Å². The van der Waals surface area contributed by atoms with Crippen molar-refractivity contribution in [3.05, 3.63) is 33.8 Å². The molecule has 1 aromatic carbocycles. The highest BCUT2D eigenvalue weighted by atomic mass is 35.5. The van der Waals surface area contributed by atoms with Gasteiger partial charge in [0.05, 0.1) is 0 Å². The van der Waals surface area contributed by atoms with Crippen molar-refractivity contribution in [2.24, 2.45) is 5.92 Å². The Hall–Kier alpha value is -3.10. The highest BCUT2D eigenvalue weighted by Gasteiger charge is 2.38. The molecule has 1 saturated heterocycles. The minimum Gasteiger partial charge on any atom is -0.475 e. The summed E-state index contributed by atoms with van der Waals surface area (Å²) >= 11 is 12.2. The lowest BCUT2D eigenvalue weighted by atomic mass is 9.85. The molecule has 1 aromatic heterocycles. The van der Waals surface area contributed by atoms with E-state index in [1.165, 1.54) is 0 Å². The van der Waals surface area contributed by atoms with Crippen LogP contribution in [-0.4, -0.2) is 89.3 Å². The molecule has 226 valence electrons. The Morgan fingerprint density at radius 3 is 2.20 bits per heavy atom. The van der Waals surface area contributed by atoms with Crippen LogP contribution in [0.5, 0.6) is 0 Å². The second-order valence-corrected chi connectivity index (χ2v) is 10.6. The van der Waals surface area contributed by atoms with Crippen molar-refractivity contribution in [2.45, 2.75) is 44.4 Å². The van der Waals surface area contributed by atoms with Crippen molar-refractivity contribution < 1.29 is 27.9 Å². The average molecular weight is 621 g/mol. The maximum absolute atomic E-state index is 12.7. The fraction of sp³-hybridized carbons (Fsp3) is 0.560. The van der Waals surface area contributed by atoms with E-state index in [-0.39, 0.29) is 17.9 Å². The Morgan fingerprint density at radius 1 is 1.02 bits per heavy atom. The fourth-order valence-corrected chi connectivity index (χ4v) is 4.84. The zero-order valence-corrected chi connectivity index (χ0v) is 24.2. The monoisotopic (exact) mass is 620 g/mol. The molecule has 0 unspecified atom stereocenters. The van der Waals surface area contributed by atoms with Crippen LogP contribution in [0, 0.1) is 5.92 Å². The molecular formula is C25H33Cl2F3N8O3. The van der Waals surface area contributed by atoms with Crippen LogP contribution in [0.3, 0.4) is 0 Å². The van der Waals surface area contributed by atoms with Crippen LogP contribution in [0.2, 0.25) is 10.0 Å². The Balaban J connectivity index is 0.000000587. The third kappa shape index (κ3) is 10.0. The molecule has 2 aliphatic rings. The number of carboxylic acid groups (broad SMARTS) is 1. The van der Waals surface area contributed by atoms with Crippen molar-refractivity contribution in [3.8, 4) is 0 Å². The predicted octanol–water partition coefficient (Wildman–Crippen LogP) is 3.89. The zero-order chi connectivity index (χ0) is 30.2. The number of nitrogens with one attached hydrogen (secondary N) is 3. The molecule has 16 heteroatoms. The van der Waals surface area contributed by atoms with Crippen molar-refractivity contribution in [1.82, 2.24) is 25.2 Å². The summed E-state index contributed by atoms with van der Waals surface area (Å²) in [5.74, 6) is -0.856. The van der Waals surface area contributed by atoms with Crippen molar-refractivity contribution >= 4 is 52.9 Å². The van der Waals surface area contributed by atoms with E-state index >= 15 is 0 Å². The standard InChI is InChI=1S/C23H32Cl2N8O.C2HF3O2/c1-26-21-29-22(31-23(30-21)33-11-9-32(2)10-12-33)28-18-7-4-15(5-8-18)20(34)27-14-16-3-6-17(24)13-19(16)25;3-2(4,5)1(6)7/h3,6,13,15,18H,4-5,7-12,14H2,1-2H3,(H,27,34)(H2,26,28,29,30,31);(H,6,7). The third-order valence-corrected chi connectivity index (χ3v) is 7.36. The first-order chi connectivity index (χ1) is 19.3. The second-order valence-electron chi connectivity index (χ2n) is 9.77. The van der Waals surface area contributed by atoms with Crippen LogP contribution in [0.15, 0.2) is 18.2 Å². The summed E-state index contributed by atoms with van der Waals surface area (Å²) in [4.78, 5) is 39.8. The molecule has 41 heavy (non-hydrogen) atoms. The third-order valence-electron chi connectivity index (χ3n) is 6.78. The molecule has 1 aliphatic heterocycles. The molecule has 2 fully saturated rings. The van der Waals surface area contributed by atoms with Crippen LogP contribution in [-0.2, 0) is 16.1 Å². The summed E-state index contributed by atoms with van der Waals surface area (Å²) in [5, 5.41) is 17.8. The SMILES string of the molecule is CNc1nc(NC2CCC(C(=O)NCc3ccc(Cl)cc3Cl)CC2)nc(N2CCN(C)CC2)n1.O=C(O)C(F)(F)F. The van der Waals surface area contributed by atoms with Gasteiger partial charge in [-0.15, -0.1) is 0 Å². The molecule has 0 spiro atoms. The molecule has 2 aromatic rings. The number of hydrogen-bond donors (Lipinski definition) is 4. The molecule has 1 amide bonds. The van der Waals surface area contributed by atoms with Crippen LogP contribution in [0.25, 0.3) is 0 Å². The van der Waals surface area contributed by atoms with Crippen molar-refractivity contribution in [2.75, 3.05) is 55.8 Å². The molecular weight excluding hydrogens is 588 g/mol. The smallest absolute Gasteiger partial charge is 0.475 e. The second kappa shape index (κ2) is 14.7. The van der Waals surface area contributed by atoms with E-state index in [0.29, 0.717) is 34.4 Å². The number of hydrogen-bond acceptors (Lipinski definition) is 9. The number of likely N-dealkylation sites (N-methyl/N-ethyl adjacent to an activating group) is 1. The van der Waals surface area contributed by atoms with Gasteiger partial charge >= 0.3 is 12.1 Å². The number of carboxylic acids is 1. The normalized spacial score (nSPS) is 19.5. The average Bonchev–Trinajstić information content (AvgIpc) is 2.93. The lowest BCUT2D eigenvalue weighted by molar-refractivity contribution is -0.192. The molecule has 0 atom stereocenters. The zero-order valence-electron chi connectivity index (χ0n) is 22.6. The Morgan fingerprint density at radius 2 is 1.63 bits per heavy atom. The number of alkyl halides is 3. The number of carbonyl (C=O) groups excluding carboxylic acids is 1. The number of benzene rings is 1. The summed E-state index contributed by atoms with van der Waals surface area (Å²) in [6.45, 7) is 4.16. The molecule has 0 radical (unpaired) electrons. The van der Waals surface area contributed by atoms with Crippen LogP contribution < -0.4 is 20.9 Å². The lowest BCUT2D eigenvalue weighted by Crippen LogP contribution is -2.45. The van der Waals surface area contributed by atoms with Gasteiger partial charge in [-0.3, -0.25) is 4.79 Å². The van der Waals surface area contributed by atoms with Crippen molar-refractivity contribution in [1.29, 1.82) is 0 Å². The van der Waals surface area contributed by atoms with Gasteiger partial charge in [0.1, 0.15) is 0 Å². The predicted molar refractivity (Wildman–Crippen MR) is 150 cm³/mol. The summed E-state index contributed by atoms with van der Waals surface area (Å²) in [6.07, 6.45) is -1.70. The van der Waals surface area contributed by atoms with E-state index in [2.05, 4.69) is 47.7 Å². The maximum atomic E-state index is 12.7. The van der Waals surface area contributed by atoms with Crippen LogP contribution >= 0.6 is 23.2 Å². The van der Waals surface area contributed by atoms with E-state index in [1.807, 2.05) is 13.1 Å². The number of piperazine rings is 1. The van der Waals surface area contributed by atoms with Gasteiger partial charge in [0.15, 0.2) is 0 Å². The van der Waals surface area contributed by atoms with E-state index in [9.17, 15) is 18.0 Å². The first-order valence-corrected chi connectivity index (χ1v) is 13.8.